The van der Waals surface area contributed by atoms with Gasteiger partial charge in [-0.05, 0) is 42.8 Å². The summed E-state index contributed by atoms with van der Waals surface area (Å²) in [7, 11) is 1.98. The Bertz CT molecular complexity index is 1310. The number of hydrogen-bond donors (Lipinski definition) is 0. The summed E-state index contributed by atoms with van der Waals surface area (Å²) in [4.78, 5) is 26.7. The molecule has 9 heteroatoms. The third-order valence-corrected chi connectivity index (χ3v) is 7.82. The lowest BCUT2D eigenvalue weighted by molar-refractivity contribution is 0.0736. The Morgan fingerprint density at radius 3 is 2.41 bits per heavy atom. The van der Waals surface area contributed by atoms with Gasteiger partial charge in [0, 0.05) is 82.9 Å². The maximum atomic E-state index is 13.4. The molecule has 2 fully saturated rings. The van der Waals surface area contributed by atoms with Gasteiger partial charge in [0.1, 0.15) is 17.6 Å². The van der Waals surface area contributed by atoms with Crippen LogP contribution >= 0.6 is 11.6 Å². The van der Waals surface area contributed by atoms with Gasteiger partial charge in [-0.1, -0.05) is 23.7 Å². The highest BCUT2D eigenvalue weighted by Crippen LogP contribution is 2.24. The largest absolute Gasteiger partial charge is 0.368 e. The molecule has 2 saturated heterocycles. The highest BCUT2D eigenvalue weighted by molar-refractivity contribution is 6.30. The molecule has 2 aliphatic heterocycles. The van der Waals surface area contributed by atoms with E-state index in [1.807, 2.05) is 46.8 Å². The van der Waals surface area contributed by atoms with E-state index in [1.165, 1.54) is 5.56 Å². The smallest absolute Gasteiger partial charge is 0.270 e. The van der Waals surface area contributed by atoms with Crippen LogP contribution in [0.25, 0.3) is 0 Å². The minimum atomic E-state index is 0.0773. The summed E-state index contributed by atoms with van der Waals surface area (Å²) < 4.78 is 2.03. The average Bonchev–Trinajstić information content (AvgIpc) is 3.21. The number of carbonyl (C=O) groups excluding carboxylic acids is 1. The van der Waals surface area contributed by atoms with E-state index in [-0.39, 0.29) is 5.91 Å². The number of pyridine rings is 1. The molecule has 3 aromatic rings. The molecule has 192 valence electrons. The van der Waals surface area contributed by atoms with E-state index in [0.717, 1.165) is 74.3 Å². The second kappa shape index (κ2) is 10.8. The summed E-state index contributed by atoms with van der Waals surface area (Å²) in [6.07, 6.45) is 1.72. The van der Waals surface area contributed by atoms with Gasteiger partial charge in [-0.25, -0.2) is 4.98 Å². The Hall–Kier alpha value is -3.54. The highest BCUT2D eigenvalue weighted by atomic mass is 35.5. The fourth-order valence-electron chi connectivity index (χ4n) is 5.23. The zero-order chi connectivity index (χ0) is 25.9. The van der Waals surface area contributed by atoms with Gasteiger partial charge in [-0.2, -0.15) is 5.26 Å². The van der Waals surface area contributed by atoms with E-state index in [2.05, 4.69) is 38.7 Å². The first kappa shape index (κ1) is 25.1. The molecule has 5 rings (SSSR count). The molecule has 0 unspecified atom stereocenters. The number of nitriles is 1. The molecule has 2 aliphatic rings. The second-order valence-corrected chi connectivity index (χ2v) is 10.1. The lowest BCUT2D eigenvalue weighted by Crippen LogP contribution is -2.49. The van der Waals surface area contributed by atoms with Crippen molar-refractivity contribution in [2.75, 3.05) is 62.2 Å². The van der Waals surface area contributed by atoms with Gasteiger partial charge in [0.2, 0.25) is 0 Å². The van der Waals surface area contributed by atoms with Crippen molar-refractivity contribution >= 4 is 29.0 Å². The first-order valence-electron chi connectivity index (χ1n) is 12.7. The molecule has 0 radical (unpaired) electrons. The zero-order valence-corrected chi connectivity index (χ0v) is 22.2. The van der Waals surface area contributed by atoms with E-state index in [4.69, 9.17) is 11.6 Å². The van der Waals surface area contributed by atoms with Crippen LogP contribution in [0.2, 0.25) is 5.02 Å². The molecule has 4 heterocycles. The number of nitrogens with zero attached hydrogens (tertiary/aromatic N) is 7. The maximum Gasteiger partial charge on any atom is 0.270 e. The molecule has 0 N–H and O–H groups in total. The number of amides is 1. The molecule has 1 amide bonds. The average molecular weight is 518 g/mol. The first-order chi connectivity index (χ1) is 17.9. The van der Waals surface area contributed by atoms with Gasteiger partial charge in [-0.15, -0.1) is 0 Å². The van der Waals surface area contributed by atoms with Crippen molar-refractivity contribution < 1.29 is 4.79 Å². The molecular formula is C28H32ClN7O. The SMILES string of the molecule is Cc1c(CN2CCN(c3ccccc3C#N)CC2)cc(C(=O)N2CCN(c3cc(Cl)ccn3)CC2)n1C. The van der Waals surface area contributed by atoms with Crippen LogP contribution < -0.4 is 9.80 Å². The molecule has 8 nitrogen and oxygen atoms in total. The zero-order valence-electron chi connectivity index (χ0n) is 21.4. The number of carbonyl (C=O) groups is 1. The number of piperazine rings is 2. The van der Waals surface area contributed by atoms with Crippen molar-refractivity contribution in [1.29, 1.82) is 5.26 Å². The minimum Gasteiger partial charge on any atom is -0.368 e. The van der Waals surface area contributed by atoms with E-state index >= 15 is 0 Å². The molecule has 1 aromatic carbocycles. The number of benzene rings is 1. The van der Waals surface area contributed by atoms with Crippen LogP contribution in [0, 0.1) is 18.3 Å². The number of rotatable bonds is 5. The van der Waals surface area contributed by atoms with Crippen LogP contribution in [0.5, 0.6) is 0 Å². The Morgan fingerprint density at radius 1 is 1.00 bits per heavy atom. The van der Waals surface area contributed by atoms with Crippen LogP contribution in [0.1, 0.15) is 27.3 Å². The molecule has 0 spiro atoms. The molecule has 2 aromatic heterocycles. The van der Waals surface area contributed by atoms with Crippen molar-refractivity contribution in [1.82, 2.24) is 19.4 Å². The highest BCUT2D eigenvalue weighted by Gasteiger charge is 2.27. The number of para-hydroxylation sites is 1. The summed E-state index contributed by atoms with van der Waals surface area (Å²) in [6.45, 7) is 9.25. The van der Waals surface area contributed by atoms with Gasteiger partial charge >= 0.3 is 0 Å². The van der Waals surface area contributed by atoms with Crippen molar-refractivity contribution in [3.8, 4) is 6.07 Å². The van der Waals surface area contributed by atoms with Crippen molar-refractivity contribution in [3.05, 3.63) is 76.2 Å². The molecule has 0 aliphatic carbocycles. The summed E-state index contributed by atoms with van der Waals surface area (Å²) >= 11 is 6.12. The van der Waals surface area contributed by atoms with Crippen molar-refractivity contribution in [3.63, 3.8) is 0 Å². The van der Waals surface area contributed by atoms with Crippen LogP contribution in [0.15, 0.2) is 48.7 Å². The lowest BCUT2D eigenvalue weighted by Gasteiger charge is -2.36. The van der Waals surface area contributed by atoms with Gasteiger partial charge < -0.3 is 19.3 Å². The minimum absolute atomic E-state index is 0.0773. The van der Waals surface area contributed by atoms with Crippen LogP contribution in [-0.2, 0) is 13.6 Å². The van der Waals surface area contributed by atoms with E-state index in [9.17, 15) is 10.1 Å². The molecule has 37 heavy (non-hydrogen) atoms. The predicted octanol–water partition coefficient (Wildman–Crippen LogP) is 3.54. The molecule has 0 bridgehead atoms. The fraction of sp³-hybridized carbons (Fsp3) is 0.393. The first-order valence-corrected chi connectivity index (χ1v) is 13.1. The van der Waals surface area contributed by atoms with E-state index in [0.29, 0.717) is 18.1 Å². The van der Waals surface area contributed by atoms with Gasteiger partial charge in [-0.3, -0.25) is 9.69 Å². The van der Waals surface area contributed by atoms with Crippen molar-refractivity contribution in [2.24, 2.45) is 7.05 Å². The normalized spacial score (nSPS) is 16.6. The molecular weight excluding hydrogens is 486 g/mol. The number of anilines is 2. The van der Waals surface area contributed by atoms with E-state index in [1.54, 1.807) is 12.3 Å². The van der Waals surface area contributed by atoms with Crippen LogP contribution in [0.4, 0.5) is 11.5 Å². The Kier molecular flexibility index (Phi) is 7.36. The topological polar surface area (TPSA) is 71.6 Å². The van der Waals surface area contributed by atoms with E-state index < -0.39 is 0 Å². The summed E-state index contributed by atoms with van der Waals surface area (Å²) in [5, 5.41) is 10.1. The third-order valence-electron chi connectivity index (χ3n) is 7.59. The van der Waals surface area contributed by atoms with Crippen molar-refractivity contribution in [2.45, 2.75) is 13.5 Å². The van der Waals surface area contributed by atoms with Gasteiger partial charge in [0.05, 0.1) is 11.3 Å². The molecule has 0 saturated carbocycles. The summed E-state index contributed by atoms with van der Waals surface area (Å²) in [6, 6.07) is 15.8. The number of hydrogen-bond acceptors (Lipinski definition) is 6. The summed E-state index contributed by atoms with van der Waals surface area (Å²) in [5.41, 5.74) is 4.80. The summed E-state index contributed by atoms with van der Waals surface area (Å²) in [5.74, 6) is 0.932. The standard InChI is InChI=1S/C28H32ClN7O/c1-21-23(20-33-9-11-34(12-10-33)25-6-4-3-5-22(25)19-30)17-26(32(21)2)28(37)36-15-13-35(14-16-36)27-18-24(29)7-8-31-27/h3-8,17-18H,9-16,20H2,1-2H3. The fourth-order valence-corrected chi connectivity index (χ4v) is 5.38. The third kappa shape index (κ3) is 5.29. The Morgan fingerprint density at radius 2 is 1.70 bits per heavy atom. The monoisotopic (exact) mass is 517 g/mol. The molecule has 0 atom stereocenters. The van der Waals surface area contributed by atoms with Gasteiger partial charge in [0.25, 0.3) is 5.91 Å². The number of aromatic nitrogens is 2. The lowest BCUT2D eigenvalue weighted by atomic mass is 10.1. The maximum absolute atomic E-state index is 13.4. The Balaban J connectivity index is 1.19. The quantitative estimate of drug-likeness (QED) is 0.515. The van der Waals surface area contributed by atoms with Crippen LogP contribution in [-0.4, -0.2) is 77.6 Å². The van der Waals surface area contributed by atoms with Gasteiger partial charge in [0.15, 0.2) is 0 Å². The number of halogens is 1. The Labute approximate surface area is 223 Å². The second-order valence-electron chi connectivity index (χ2n) is 9.70. The predicted molar refractivity (Wildman–Crippen MR) is 146 cm³/mol. The van der Waals surface area contributed by atoms with Crippen LogP contribution in [0.3, 0.4) is 0 Å².